The third kappa shape index (κ3) is 13.9. The maximum atomic E-state index is 12.2. The molecule has 0 radical (unpaired) electrons. The normalized spacial score (nSPS) is 11.5. The van der Waals surface area contributed by atoms with Crippen molar-refractivity contribution in [2.75, 3.05) is 39.5 Å². The Balaban J connectivity index is 0.00000334. The molecule has 9 nitrogen and oxygen atoms in total. The highest BCUT2D eigenvalue weighted by molar-refractivity contribution is 5.94. The Kier molecular flexibility index (Phi) is 14.1. The molecular formula is C28H46N4O5. The van der Waals surface area contributed by atoms with Gasteiger partial charge in [0.25, 0.3) is 5.91 Å². The molecule has 0 atom stereocenters. The average molecular weight is 519 g/mol. The molecule has 9 heteroatoms. The molecule has 2 N–H and O–H groups in total. The predicted octanol–water partition coefficient (Wildman–Crippen LogP) is 4.80. The summed E-state index contributed by atoms with van der Waals surface area (Å²) >= 11 is 0. The van der Waals surface area contributed by atoms with Gasteiger partial charge < -0.3 is 24.5 Å². The molecule has 37 heavy (non-hydrogen) atoms. The van der Waals surface area contributed by atoms with Crippen LogP contribution in [0.15, 0.2) is 28.7 Å². The first kappa shape index (κ1) is 32.2. The molecule has 0 fully saturated rings. The minimum Gasteiger partial charge on any atom is -0.421 e. The van der Waals surface area contributed by atoms with Crippen LogP contribution in [0, 0.1) is 17.8 Å². The topological polar surface area (TPSA) is 116 Å². The number of carbonyl (C=O) groups excluding carboxylic acids is 2. The van der Waals surface area contributed by atoms with Crippen LogP contribution < -0.4 is 10.6 Å². The molecule has 0 unspecified atom stereocenters. The Morgan fingerprint density at radius 1 is 0.865 bits per heavy atom. The molecule has 1 aromatic heterocycles. The molecule has 1 aromatic carbocycles. The van der Waals surface area contributed by atoms with Gasteiger partial charge in [0.1, 0.15) is 0 Å². The Morgan fingerprint density at radius 2 is 1.43 bits per heavy atom. The monoisotopic (exact) mass is 518 g/mol. The fourth-order valence-electron chi connectivity index (χ4n) is 4.10. The Hall–Kier alpha value is -2.78. The zero-order chi connectivity index (χ0) is 27.9. The number of hydrogen-bond donors (Lipinski definition) is 2. The van der Waals surface area contributed by atoms with Crippen LogP contribution >= 0.6 is 0 Å². The van der Waals surface area contributed by atoms with Crippen LogP contribution in [0.2, 0.25) is 0 Å². The van der Waals surface area contributed by atoms with Gasteiger partial charge in [0.2, 0.25) is 17.7 Å². The van der Waals surface area contributed by atoms with Crippen molar-refractivity contribution < 1.29 is 23.5 Å². The average Bonchev–Trinajstić information content (AvgIpc) is 3.25. The van der Waals surface area contributed by atoms with Crippen molar-refractivity contribution in [2.45, 2.75) is 68.2 Å². The molecule has 208 valence electrons. The summed E-state index contributed by atoms with van der Waals surface area (Å²) in [7, 11) is 0. The van der Waals surface area contributed by atoms with Gasteiger partial charge in [0, 0.05) is 37.6 Å². The number of hydrogen-bond acceptors (Lipinski definition) is 7. The van der Waals surface area contributed by atoms with Crippen LogP contribution in [0.4, 0.5) is 0 Å². The second kappa shape index (κ2) is 16.1. The molecule has 0 aliphatic heterocycles. The highest BCUT2D eigenvalue weighted by atomic mass is 16.5. The van der Waals surface area contributed by atoms with Crippen molar-refractivity contribution in [3.8, 4) is 11.5 Å². The molecule has 2 aromatic rings. The van der Waals surface area contributed by atoms with Crippen LogP contribution in [0.25, 0.3) is 11.5 Å². The minimum atomic E-state index is -0.181. The Morgan fingerprint density at radius 3 is 1.95 bits per heavy atom. The summed E-state index contributed by atoms with van der Waals surface area (Å²) in [6.45, 7) is 19.1. The highest BCUT2D eigenvalue weighted by Crippen LogP contribution is 2.35. The number of ether oxygens (including phenoxy) is 2. The number of benzene rings is 1. The molecule has 0 bridgehead atoms. The fraction of sp³-hybridized carbons (Fsp3) is 0.643. The number of amides is 2. The lowest BCUT2D eigenvalue weighted by atomic mass is 9.74. The fourth-order valence-corrected chi connectivity index (χ4v) is 4.10. The lowest BCUT2D eigenvalue weighted by Gasteiger charge is -2.31. The lowest BCUT2D eigenvalue weighted by Crippen LogP contribution is -2.33. The zero-order valence-electron chi connectivity index (χ0n) is 23.9. The maximum absolute atomic E-state index is 12.2. The molecule has 1 heterocycles. The number of nitrogens with one attached hydrogen (secondary N) is 2. The van der Waals surface area contributed by atoms with E-state index in [2.05, 4.69) is 55.4 Å². The van der Waals surface area contributed by atoms with Gasteiger partial charge in [-0.05, 0) is 41.5 Å². The molecule has 0 aliphatic carbocycles. The first-order valence-electron chi connectivity index (χ1n) is 13.1. The van der Waals surface area contributed by atoms with Crippen molar-refractivity contribution in [3.05, 3.63) is 35.7 Å². The van der Waals surface area contributed by atoms with E-state index in [0.717, 1.165) is 12.0 Å². The third-order valence-corrected chi connectivity index (χ3v) is 5.04. The third-order valence-electron chi connectivity index (χ3n) is 5.04. The summed E-state index contributed by atoms with van der Waals surface area (Å²) in [6.07, 6.45) is 1.48. The van der Waals surface area contributed by atoms with Crippen LogP contribution in [0.5, 0.6) is 0 Å². The van der Waals surface area contributed by atoms with E-state index in [1.165, 1.54) is 0 Å². The van der Waals surface area contributed by atoms with E-state index in [9.17, 15) is 9.59 Å². The summed E-state index contributed by atoms with van der Waals surface area (Å²) in [5.41, 5.74) is 1.45. The highest BCUT2D eigenvalue weighted by Gasteiger charge is 2.27. The van der Waals surface area contributed by atoms with E-state index in [-0.39, 0.29) is 22.6 Å². The number of aromatic nitrogens is 2. The molecule has 2 amide bonds. The molecule has 0 spiro atoms. The number of aryl methyl sites for hydroxylation is 1. The smallest absolute Gasteiger partial charge is 0.251 e. The molecule has 0 aliphatic rings. The van der Waals surface area contributed by atoms with Crippen LogP contribution in [-0.4, -0.2) is 61.5 Å². The van der Waals surface area contributed by atoms with Gasteiger partial charge in [-0.3, -0.25) is 9.59 Å². The summed E-state index contributed by atoms with van der Waals surface area (Å²) in [5.74, 6) is 0.784. The molecule has 0 saturated carbocycles. The van der Waals surface area contributed by atoms with Gasteiger partial charge in [0.05, 0.1) is 26.4 Å². The zero-order valence-corrected chi connectivity index (χ0v) is 23.9. The summed E-state index contributed by atoms with van der Waals surface area (Å²) in [5, 5.41) is 13.5. The van der Waals surface area contributed by atoms with Crippen molar-refractivity contribution in [1.29, 1.82) is 0 Å². The Labute approximate surface area is 222 Å². The maximum Gasteiger partial charge on any atom is 0.251 e. The van der Waals surface area contributed by atoms with Crippen LogP contribution in [0.1, 0.15) is 77.6 Å². The predicted molar refractivity (Wildman–Crippen MR) is 145 cm³/mol. The molecule has 0 saturated heterocycles. The van der Waals surface area contributed by atoms with E-state index in [1.54, 1.807) is 31.2 Å². The van der Waals surface area contributed by atoms with Gasteiger partial charge in [-0.2, -0.15) is 0 Å². The van der Waals surface area contributed by atoms with Crippen LogP contribution in [-0.2, 0) is 14.3 Å². The van der Waals surface area contributed by atoms with E-state index < -0.39 is 0 Å². The summed E-state index contributed by atoms with van der Waals surface area (Å²) < 4.78 is 16.4. The number of nitrogens with zero attached hydrogens (tertiary/aromatic N) is 2. The quantitative estimate of drug-likeness (QED) is 0.345. The first-order chi connectivity index (χ1) is 17.5. The first-order valence-corrected chi connectivity index (χ1v) is 13.1. The summed E-state index contributed by atoms with van der Waals surface area (Å²) in [4.78, 5) is 24.4. The van der Waals surface area contributed by atoms with E-state index >= 15 is 0 Å². The van der Waals surface area contributed by atoms with Gasteiger partial charge >= 0.3 is 0 Å². The second-order valence-electron chi connectivity index (χ2n) is 10.6. The van der Waals surface area contributed by atoms with Gasteiger partial charge in [0.15, 0.2) is 0 Å². The molecular weight excluding hydrogens is 472 g/mol. The Bertz CT molecular complexity index is 933. The lowest BCUT2D eigenvalue weighted by molar-refractivity contribution is -0.123. The van der Waals surface area contributed by atoms with Gasteiger partial charge in [-0.25, -0.2) is 0 Å². The number of carbonyl (C=O) groups is 2. The van der Waals surface area contributed by atoms with E-state index in [4.69, 9.17) is 13.9 Å². The number of rotatable bonds is 14. The summed E-state index contributed by atoms with van der Waals surface area (Å²) in [6, 6.07) is 6.96. The van der Waals surface area contributed by atoms with Crippen molar-refractivity contribution in [2.24, 2.45) is 10.8 Å². The van der Waals surface area contributed by atoms with Gasteiger partial charge in [-0.1, -0.05) is 48.5 Å². The van der Waals surface area contributed by atoms with Crippen molar-refractivity contribution >= 4 is 11.8 Å². The van der Waals surface area contributed by atoms with E-state index in [1.807, 2.05) is 13.8 Å². The largest absolute Gasteiger partial charge is 0.421 e. The van der Waals surface area contributed by atoms with E-state index in [0.29, 0.717) is 63.3 Å². The van der Waals surface area contributed by atoms with Crippen molar-refractivity contribution in [1.82, 2.24) is 20.8 Å². The minimum absolute atomic E-state index is 0.0375. The SMILES string of the molecule is CC.Cc1nnc(-c2ccc(C(=O)NCCOCCOCCNC(=O)CC(C)(C)CC(C)(C)C)cc2)o1. The second-order valence-corrected chi connectivity index (χ2v) is 10.6. The van der Waals surface area contributed by atoms with Crippen molar-refractivity contribution in [3.63, 3.8) is 0 Å². The standard InChI is InChI=1S/C26H40N4O5.C2H6/c1-19-29-30-24(35-19)21-9-7-20(8-10-21)23(32)28-12-14-34-16-15-33-13-11-27-22(31)17-26(5,6)18-25(2,3)4;1-2/h7-10H,11-18H2,1-6H3,(H,27,31)(H,28,32);1-2H3. The van der Waals surface area contributed by atoms with Crippen LogP contribution in [0.3, 0.4) is 0 Å². The molecule has 2 rings (SSSR count). The van der Waals surface area contributed by atoms with Gasteiger partial charge in [-0.15, -0.1) is 10.2 Å².